The summed E-state index contributed by atoms with van der Waals surface area (Å²) in [6.07, 6.45) is 13.0. The van der Waals surface area contributed by atoms with E-state index in [9.17, 15) is 0 Å². The summed E-state index contributed by atoms with van der Waals surface area (Å²) in [4.78, 5) is 0. The highest BCUT2D eigenvalue weighted by molar-refractivity contribution is 7.08. The third-order valence-electron chi connectivity index (χ3n) is 6.19. The quantitative estimate of drug-likeness (QED) is 0.369. The molecule has 3 heteroatoms. The Labute approximate surface area is 165 Å². The largest absolute Gasteiger partial charge is 0.488 e. The molecule has 1 aliphatic heterocycles. The van der Waals surface area contributed by atoms with Crippen LogP contribution in [0.25, 0.3) is 0 Å². The molecule has 0 bridgehead atoms. The van der Waals surface area contributed by atoms with Crippen molar-refractivity contribution in [2.45, 2.75) is 91.9 Å². The van der Waals surface area contributed by atoms with Crippen molar-refractivity contribution in [2.24, 2.45) is 17.3 Å². The third kappa shape index (κ3) is 6.18. The molecule has 1 aromatic rings. The van der Waals surface area contributed by atoms with Crippen molar-refractivity contribution in [2.75, 3.05) is 13.2 Å². The number of unbranched alkanes of at least 4 members (excludes halogenated alkanes) is 2. The SMILES string of the molecule is CCCCC(CC)CC1(CC(CC)CCCC)COc2cscc2OC1. The zero-order chi connectivity index (χ0) is 18.8. The molecule has 26 heavy (non-hydrogen) atoms. The van der Waals surface area contributed by atoms with E-state index in [0.29, 0.717) is 0 Å². The molecule has 2 heterocycles. The van der Waals surface area contributed by atoms with E-state index in [1.807, 2.05) is 0 Å². The minimum absolute atomic E-state index is 0.166. The Morgan fingerprint density at radius 1 is 0.846 bits per heavy atom. The summed E-state index contributed by atoms with van der Waals surface area (Å²) in [5.74, 6) is 3.50. The molecule has 0 fully saturated rings. The fraction of sp³-hybridized carbons (Fsp3) is 0.826. The molecule has 2 rings (SSSR count). The molecule has 0 aromatic carbocycles. The van der Waals surface area contributed by atoms with Crippen molar-refractivity contribution < 1.29 is 9.47 Å². The molecule has 0 saturated heterocycles. The van der Waals surface area contributed by atoms with Crippen molar-refractivity contribution in [3.63, 3.8) is 0 Å². The summed E-state index contributed by atoms with van der Waals surface area (Å²) >= 11 is 1.67. The van der Waals surface area contributed by atoms with Crippen molar-refractivity contribution in [1.29, 1.82) is 0 Å². The van der Waals surface area contributed by atoms with Gasteiger partial charge in [-0.2, -0.15) is 0 Å². The van der Waals surface area contributed by atoms with Crippen LogP contribution in [-0.4, -0.2) is 13.2 Å². The van der Waals surface area contributed by atoms with Crippen molar-refractivity contribution in [1.82, 2.24) is 0 Å². The van der Waals surface area contributed by atoms with Gasteiger partial charge >= 0.3 is 0 Å². The van der Waals surface area contributed by atoms with Gasteiger partial charge in [0.05, 0.1) is 13.2 Å². The van der Waals surface area contributed by atoms with Crippen LogP contribution in [0, 0.1) is 17.3 Å². The maximum atomic E-state index is 6.29. The predicted octanol–water partition coefficient (Wildman–Crippen LogP) is 7.72. The Kier molecular flexibility index (Phi) is 9.31. The van der Waals surface area contributed by atoms with Gasteiger partial charge in [0.15, 0.2) is 11.5 Å². The van der Waals surface area contributed by atoms with Crippen LogP contribution in [0.3, 0.4) is 0 Å². The summed E-state index contributed by atoms with van der Waals surface area (Å²) in [6.45, 7) is 11.0. The molecular weight excluding hydrogens is 340 g/mol. The topological polar surface area (TPSA) is 18.5 Å². The number of fused-ring (bicyclic) bond motifs is 1. The maximum Gasteiger partial charge on any atom is 0.171 e. The molecule has 2 atom stereocenters. The van der Waals surface area contributed by atoms with Gasteiger partial charge in [0.1, 0.15) is 0 Å². The first-order valence-electron chi connectivity index (χ1n) is 11.0. The molecule has 0 saturated carbocycles. The molecule has 0 N–H and O–H groups in total. The molecule has 150 valence electrons. The highest BCUT2D eigenvalue weighted by Crippen LogP contribution is 2.44. The molecule has 0 amide bonds. The molecule has 2 nitrogen and oxygen atoms in total. The van der Waals surface area contributed by atoms with Crippen molar-refractivity contribution in [3.05, 3.63) is 10.8 Å². The first-order valence-corrected chi connectivity index (χ1v) is 11.9. The lowest BCUT2D eigenvalue weighted by Crippen LogP contribution is -2.37. The summed E-state index contributed by atoms with van der Waals surface area (Å²) in [5.41, 5.74) is 0.166. The summed E-state index contributed by atoms with van der Waals surface area (Å²) < 4.78 is 12.6. The van der Waals surface area contributed by atoms with Gasteiger partial charge in [-0.3, -0.25) is 0 Å². The van der Waals surface area contributed by atoms with Crippen molar-refractivity contribution in [3.8, 4) is 11.5 Å². The van der Waals surface area contributed by atoms with Crippen LogP contribution in [0.15, 0.2) is 10.8 Å². The third-order valence-corrected chi connectivity index (χ3v) is 6.89. The van der Waals surface area contributed by atoms with Crippen LogP contribution < -0.4 is 9.47 Å². The molecule has 2 unspecified atom stereocenters. The van der Waals surface area contributed by atoms with E-state index in [1.165, 1.54) is 64.2 Å². The van der Waals surface area contributed by atoms with Gasteiger partial charge in [-0.05, 0) is 24.7 Å². The highest BCUT2D eigenvalue weighted by atomic mass is 32.1. The predicted molar refractivity (Wildman–Crippen MR) is 114 cm³/mol. The summed E-state index contributed by atoms with van der Waals surface area (Å²) in [5, 5.41) is 4.18. The van der Waals surface area contributed by atoms with Crippen LogP contribution in [0.5, 0.6) is 11.5 Å². The lowest BCUT2D eigenvalue weighted by atomic mass is 9.71. The fourth-order valence-corrected chi connectivity index (χ4v) is 5.10. The van der Waals surface area contributed by atoms with Gasteiger partial charge in [0.25, 0.3) is 0 Å². The van der Waals surface area contributed by atoms with Crippen LogP contribution >= 0.6 is 11.3 Å². The smallest absolute Gasteiger partial charge is 0.171 e. The van der Waals surface area contributed by atoms with Crippen LogP contribution in [0.2, 0.25) is 0 Å². The Balaban J connectivity index is 2.12. The highest BCUT2D eigenvalue weighted by Gasteiger charge is 2.38. The molecule has 1 aliphatic rings. The van der Waals surface area contributed by atoms with Gasteiger partial charge in [-0.15, -0.1) is 11.3 Å². The first-order chi connectivity index (χ1) is 12.7. The Bertz CT molecular complexity index is 454. The van der Waals surface area contributed by atoms with E-state index in [2.05, 4.69) is 38.5 Å². The van der Waals surface area contributed by atoms with E-state index >= 15 is 0 Å². The monoisotopic (exact) mass is 380 g/mol. The zero-order valence-electron chi connectivity index (χ0n) is 17.5. The molecule has 0 aliphatic carbocycles. The Hall–Kier alpha value is -0.700. The average Bonchev–Trinajstić information content (AvgIpc) is 3.06. The van der Waals surface area contributed by atoms with Crippen molar-refractivity contribution >= 4 is 11.3 Å². The Morgan fingerprint density at radius 2 is 1.31 bits per heavy atom. The van der Waals surface area contributed by atoms with E-state index < -0.39 is 0 Å². The summed E-state index contributed by atoms with van der Waals surface area (Å²) in [7, 11) is 0. The second-order valence-corrected chi connectivity index (χ2v) is 9.16. The van der Waals surface area contributed by atoms with Gasteiger partial charge in [-0.1, -0.05) is 79.1 Å². The molecule has 0 radical (unpaired) electrons. The number of rotatable bonds is 12. The first kappa shape index (κ1) is 21.6. The minimum atomic E-state index is 0.166. The number of hydrogen-bond donors (Lipinski definition) is 0. The zero-order valence-corrected chi connectivity index (χ0v) is 18.3. The van der Waals surface area contributed by atoms with Crippen LogP contribution in [0.1, 0.15) is 91.9 Å². The van der Waals surface area contributed by atoms with Gasteiger partial charge in [0, 0.05) is 16.2 Å². The maximum absolute atomic E-state index is 6.29. The van der Waals surface area contributed by atoms with E-state index in [1.54, 1.807) is 11.3 Å². The lowest BCUT2D eigenvalue weighted by Gasteiger charge is -2.37. The van der Waals surface area contributed by atoms with E-state index in [0.717, 1.165) is 36.5 Å². The lowest BCUT2D eigenvalue weighted by molar-refractivity contribution is 0.0447. The van der Waals surface area contributed by atoms with Gasteiger partial charge in [0.2, 0.25) is 0 Å². The molecule has 0 spiro atoms. The standard InChI is InChI=1S/C23H40O2S/c1-5-9-11-19(7-3)13-23(14-20(8-4)12-10-6-2)17-24-21-15-26-16-22(21)25-18-23/h15-16,19-20H,5-14,17-18H2,1-4H3. The second kappa shape index (κ2) is 11.2. The molecule has 1 aromatic heterocycles. The number of thiophene rings is 1. The van der Waals surface area contributed by atoms with E-state index in [-0.39, 0.29) is 5.41 Å². The Morgan fingerprint density at radius 3 is 1.69 bits per heavy atom. The van der Waals surface area contributed by atoms with Crippen LogP contribution in [-0.2, 0) is 0 Å². The van der Waals surface area contributed by atoms with Crippen LogP contribution in [0.4, 0.5) is 0 Å². The normalized spacial score (nSPS) is 18.3. The van der Waals surface area contributed by atoms with Gasteiger partial charge in [-0.25, -0.2) is 0 Å². The average molecular weight is 381 g/mol. The molecular formula is C23H40O2S. The van der Waals surface area contributed by atoms with E-state index in [4.69, 9.17) is 9.47 Å². The van der Waals surface area contributed by atoms with Gasteiger partial charge < -0.3 is 9.47 Å². The number of ether oxygens (including phenoxy) is 2. The second-order valence-electron chi connectivity index (χ2n) is 8.42. The fourth-order valence-electron chi connectivity index (χ4n) is 4.42. The minimum Gasteiger partial charge on any atom is -0.488 e. The summed E-state index contributed by atoms with van der Waals surface area (Å²) in [6, 6.07) is 0. The number of hydrogen-bond acceptors (Lipinski definition) is 3.